The van der Waals surface area contributed by atoms with Crippen LogP contribution < -0.4 is 5.56 Å². The second-order valence-electron chi connectivity index (χ2n) is 4.82. The summed E-state index contributed by atoms with van der Waals surface area (Å²) < 4.78 is 6.55. The smallest absolute Gasteiger partial charge is 0.262 e. The van der Waals surface area contributed by atoms with Crippen LogP contribution in [0.5, 0.6) is 0 Å². The predicted octanol–water partition coefficient (Wildman–Crippen LogP) is -0.322. The highest BCUT2D eigenvalue weighted by atomic mass is 32.1. The number of fused-ring (bicyclic) bond motifs is 1. The van der Waals surface area contributed by atoms with Crippen molar-refractivity contribution in [2.75, 3.05) is 26.4 Å². The Morgan fingerprint density at radius 2 is 2.43 bits per heavy atom. The van der Waals surface area contributed by atoms with E-state index < -0.39 is 0 Å². The van der Waals surface area contributed by atoms with Crippen molar-refractivity contribution >= 4 is 27.5 Å². The Bertz CT molecular complexity index is 711. The monoisotopic (exact) mass is 309 g/mol. The normalized spacial score (nSPS) is 19.1. The lowest BCUT2D eigenvalue weighted by Gasteiger charge is -2.34. The van der Waals surface area contributed by atoms with Gasteiger partial charge >= 0.3 is 0 Å². The molecule has 8 heteroatoms. The molecule has 0 radical (unpaired) electrons. The molecule has 0 bridgehead atoms. The fourth-order valence-corrected chi connectivity index (χ4v) is 3.10. The molecule has 7 nitrogen and oxygen atoms in total. The molecule has 0 saturated carbocycles. The average Bonchev–Trinajstić information content (AvgIpc) is 2.99. The van der Waals surface area contributed by atoms with Gasteiger partial charge in [-0.2, -0.15) is 0 Å². The Labute approximate surface area is 124 Å². The molecule has 1 fully saturated rings. The minimum absolute atomic E-state index is 0.0753. The molecule has 1 aliphatic heterocycles. The van der Waals surface area contributed by atoms with Crippen LogP contribution in [0, 0.1) is 0 Å². The highest BCUT2D eigenvalue weighted by Gasteiger charge is 2.27. The summed E-state index contributed by atoms with van der Waals surface area (Å²) in [6.07, 6.45) is 1.40. The minimum Gasteiger partial charge on any atom is -0.394 e. The minimum atomic E-state index is -0.347. The topological polar surface area (TPSA) is 84.7 Å². The van der Waals surface area contributed by atoms with Crippen molar-refractivity contribution in [3.8, 4) is 0 Å². The summed E-state index contributed by atoms with van der Waals surface area (Å²) in [6, 6.07) is 1.36. The van der Waals surface area contributed by atoms with Crippen molar-refractivity contribution in [2.45, 2.75) is 12.6 Å². The number of hydrogen-bond acceptors (Lipinski definition) is 6. The average molecular weight is 309 g/mol. The van der Waals surface area contributed by atoms with Crippen molar-refractivity contribution in [1.82, 2.24) is 14.5 Å². The summed E-state index contributed by atoms with van der Waals surface area (Å²) >= 11 is 1.39. The maximum absolute atomic E-state index is 12.3. The van der Waals surface area contributed by atoms with Crippen LogP contribution in [0.15, 0.2) is 22.6 Å². The van der Waals surface area contributed by atoms with Crippen LogP contribution in [0.3, 0.4) is 0 Å². The van der Waals surface area contributed by atoms with E-state index in [1.165, 1.54) is 22.2 Å². The summed E-state index contributed by atoms with van der Waals surface area (Å²) in [4.78, 5) is 31.0. The zero-order valence-corrected chi connectivity index (χ0v) is 12.1. The van der Waals surface area contributed by atoms with Crippen molar-refractivity contribution in [3.05, 3.63) is 28.1 Å². The molecule has 1 atom stereocenters. The first kappa shape index (κ1) is 14.2. The van der Waals surface area contributed by atoms with E-state index in [0.717, 1.165) is 0 Å². The van der Waals surface area contributed by atoms with Crippen LogP contribution in [0.2, 0.25) is 0 Å². The molecule has 1 aliphatic rings. The zero-order chi connectivity index (χ0) is 14.8. The third-order valence-corrected chi connectivity index (χ3v) is 4.34. The number of carbonyl (C=O) groups excluding carboxylic acids is 1. The van der Waals surface area contributed by atoms with Crippen molar-refractivity contribution in [1.29, 1.82) is 0 Å². The van der Waals surface area contributed by atoms with Gasteiger partial charge in [0, 0.05) is 6.54 Å². The fraction of sp³-hybridized carbons (Fsp3) is 0.462. The molecular weight excluding hydrogens is 294 g/mol. The maximum atomic E-state index is 12.3. The molecule has 3 rings (SSSR count). The summed E-state index contributed by atoms with van der Waals surface area (Å²) in [6.45, 7) is 0.960. The van der Waals surface area contributed by atoms with E-state index in [4.69, 9.17) is 4.74 Å². The van der Waals surface area contributed by atoms with E-state index in [0.29, 0.717) is 30.0 Å². The predicted molar refractivity (Wildman–Crippen MR) is 77.3 cm³/mol. The van der Waals surface area contributed by atoms with Crippen LogP contribution >= 0.6 is 11.3 Å². The lowest BCUT2D eigenvalue weighted by molar-refractivity contribution is -0.142. The van der Waals surface area contributed by atoms with Gasteiger partial charge in [-0.25, -0.2) is 4.98 Å². The fourth-order valence-electron chi connectivity index (χ4n) is 2.38. The van der Waals surface area contributed by atoms with E-state index >= 15 is 0 Å². The van der Waals surface area contributed by atoms with Crippen LogP contribution in [0.25, 0.3) is 10.2 Å². The van der Waals surface area contributed by atoms with E-state index in [1.807, 2.05) is 0 Å². The second-order valence-corrected chi connectivity index (χ2v) is 5.71. The maximum Gasteiger partial charge on any atom is 0.262 e. The molecule has 2 aromatic rings. The highest BCUT2D eigenvalue weighted by Crippen LogP contribution is 2.13. The Morgan fingerprint density at radius 3 is 3.24 bits per heavy atom. The van der Waals surface area contributed by atoms with Crippen LogP contribution in [0.4, 0.5) is 0 Å². The third-order valence-electron chi connectivity index (χ3n) is 3.51. The number of aliphatic hydroxyl groups excluding tert-OH is 1. The van der Waals surface area contributed by atoms with Gasteiger partial charge in [-0.1, -0.05) is 0 Å². The van der Waals surface area contributed by atoms with Gasteiger partial charge in [-0.15, -0.1) is 11.3 Å². The molecule has 112 valence electrons. The number of amides is 1. The highest BCUT2D eigenvalue weighted by molar-refractivity contribution is 7.16. The Balaban J connectivity index is 1.82. The van der Waals surface area contributed by atoms with Crippen molar-refractivity contribution in [2.24, 2.45) is 0 Å². The number of carbonyl (C=O) groups is 1. The van der Waals surface area contributed by atoms with E-state index in [9.17, 15) is 14.7 Å². The summed E-state index contributed by atoms with van der Waals surface area (Å²) in [5.41, 5.74) is -0.219. The van der Waals surface area contributed by atoms with Gasteiger partial charge in [0.25, 0.3) is 5.56 Å². The lowest BCUT2D eigenvalue weighted by Crippen LogP contribution is -2.51. The van der Waals surface area contributed by atoms with E-state index in [1.54, 1.807) is 16.3 Å². The molecule has 2 aromatic heterocycles. The van der Waals surface area contributed by atoms with Crippen LogP contribution in [-0.2, 0) is 16.1 Å². The third kappa shape index (κ3) is 2.69. The molecule has 0 spiro atoms. The molecule has 1 amide bonds. The quantitative estimate of drug-likeness (QED) is 0.840. The van der Waals surface area contributed by atoms with Crippen molar-refractivity contribution in [3.63, 3.8) is 0 Å². The van der Waals surface area contributed by atoms with Gasteiger partial charge in [-0.3, -0.25) is 14.2 Å². The zero-order valence-electron chi connectivity index (χ0n) is 11.3. The number of aliphatic hydroxyl groups is 1. The molecular formula is C13H15N3O4S. The first-order valence-electron chi connectivity index (χ1n) is 6.61. The van der Waals surface area contributed by atoms with Gasteiger partial charge in [0.2, 0.25) is 5.91 Å². The number of nitrogens with zero attached hydrogens (tertiary/aromatic N) is 3. The SMILES string of the molecule is O=C(Cn1cnc2sccc2c1=O)N1CCOCC1CO. The van der Waals surface area contributed by atoms with Gasteiger partial charge in [0.1, 0.15) is 11.4 Å². The second kappa shape index (κ2) is 5.92. The van der Waals surface area contributed by atoms with E-state index in [2.05, 4.69) is 4.98 Å². The number of aromatic nitrogens is 2. The number of morpholine rings is 1. The van der Waals surface area contributed by atoms with Gasteiger partial charge in [0.15, 0.2) is 0 Å². The largest absolute Gasteiger partial charge is 0.394 e. The molecule has 1 unspecified atom stereocenters. The number of ether oxygens (including phenoxy) is 1. The first-order chi connectivity index (χ1) is 10.2. The Hall–Kier alpha value is -1.77. The van der Waals surface area contributed by atoms with Gasteiger partial charge in [0.05, 0.1) is 37.6 Å². The molecule has 0 aliphatic carbocycles. The summed E-state index contributed by atoms with van der Waals surface area (Å²) in [5, 5.41) is 11.6. The molecule has 1 saturated heterocycles. The first-order valence-corrected chi connectivity index (χ1v) is 7.49. The van der Waals surface area contributed by atoms with Crippen molar-refractivity contribution < 1.29 is 14.6 Å². The Kier molecular flexibility index (Phi) is 4.00. The van der Waals surface area contributed by atoms with Gasteiger partial charge in [-0.05, 0) is 11.4 Å². The van der Waals surface area contributed by atoms with E-state index in [-0.39, 0.29) is 30.7 Å². The number of thiophene rings is 1. The molecule has 3 heterocycles. The lowest BCUT2D eigenvalue weighted by atomic mass is 10.2. The standard InChI is InChI=1S/C13H15N3O4S/c17-6-9-7-20-3-2-16(9)11(18)5-15-8-14-12-10(13(15)19)1-4-21-12/h1,4,8-9,17H,2-3,5-7H2. The van der Waals surface area contributed by atoms with Crippen LogP contribution in [0.1, 0.15) is 0 Å². The molecule has 0 aromatic carbocycles. The van der Waals surface area contributed by atoms with Gasteiger partial charge < -0.3 is 14.7 Å². The summed E-state index contributed by atoms with van der Waals surface area (Å²) in [7, 11) is 0. The Morgan fingerprint density at radius 1 is 1.57 bits per heavy atom. The number of rotatable bonds is 3. The summed E-state index contributed by atoms with van der Waals surface area (Å²) in [5.74, 6) is -0.212. The molecule has 1 N–H and O–H groups in total. The number of hydrogen-bond donors (Lipinski definition) is 1. The molecule has 21 heavy (non-hydrogen) atoms. The van der Waals surface area contributed by atoms with Crippen LogP contribution in [-0.4, -0.2) is 57.9 Å².